The second-order valence-corrected chi connectivity index (χ2v) is 4.77. The Morgan fingerprint density at radius 3 is 2.82 bits per heavy atom. The molecule has 8 heteroatoms. The molecule has 3 heterocycles. The minimum absolute atomic E-state index is 0.159. The smallest absolute Gasteiger partial charge is 0.224 e. The van der Waals surface area contributed by atoms with Crippen molar-refractivity contribution in [3.05, 3.63) is 33.4 Å². The highest BCUT2D eigenvalue weighted by Gasteiger charge is 2.09. The topological polar surface area (TPSA) is 69.4 Å². The van der Waals surface area contributed by atoms with Gasteiger partial charge in [-0.25, -0.2) is 9.97 Å². The lowest BCUT2D eigenvalue weighted by Crippen LogP contribution is -2.01. The summed E-state index contributed by atoms with van der Waals surface area (Å²) in [5.41, 5.74) is 1.12. The molecule has 3 rings (SSSR count). The van der Waals surface area contributed by atoms with Crippen molar-refractivity contribution in [3.63, 3.8) is 0 Å². The van der Waals surface area contributed by atoms with E-state index in [1.54, 1.807) is 6.20 Å². The molecule has 0 amide bonds. The van der Waals surface area contributed by atoms with E-state index in [-0.39, 0.29) is 5.28 Å². The summed E-state index contributed by atoms with van der Waals surface area (Å²) in [5, 5.41) is 8.08. The van der Waals surface area contributed by atoms with Crippen LogP contribution in [0.15, 0.2) is 24.5 Å². The molecule has 0 radical (unpaired) electrons. The van der Waals surface area contributed by atoms with Gasteiger partial charge in [-0.3, -0.25) is 0 Å². The fourth-order valence-electron chi connectivity index (χ4n) is 1.35. The number of fused-ring (bicyclic) bond motifs is 1. The molecule has 0 saturated heterocycles. The Balaban J connectivity index is 2.23. The van der Waals surface area contributed by atoms with Crippen molar-refractivity contribution in [1.29, 1.82) is 0 Å². The first kappa shape index (κ1) is 10.8. The van der Waals surface area contributed by atoms with Gasteiger partial charge in [0.2, 0.25) is 5.28 Å². The Labute approximate surface area is 114 Å². The monoisotopic (exact) mass is 358 g/mol. The maximum absolute atomic E-state index is 5.75. The van der Waals surface area contributed by atoms with Gasteiger partial charge in [0.05, 0.1) is 6.20 Å². The lowest BCUT2D eigenvalue weighted by molar-refractivity contribution is 0.794. The van der Waals surface area contributed by atoms with Crippen molar-refractivity contribution in [2.24, 2.45) is 0 Å². The van der Waals surface area contributed by atoms with Crippen LogP contribution >= 0.6 is 34.2 Å². The molecule has 6 nitrogen and oxygen atoms in total. The first-order valence-corrected chi connectivity index (χ1v) is 6.05. The normalized spacial score (nSPS) is 10.9. The third kappa shape index (κ3) is 1.95. The van der Waals surface area contributed by atoms with Crippen molar-refractivity contribution in [2.45, 2.75) is 0 Å². The summed E-state index contributed by atoms with van der Waals surface area (Å²) in [6.07, 6.45) is 3.27. The van der Waals surface area contributed by atoms with Crippen molar-refractivity contribution < 1.29 is 0 Å². The highest BCUT2D eigenvalue weighted by molar-refractivity contribution is 14.1. The molecule has 0 bridgehead atoms. The SMILES string of the molecule is Clc1ncc2nnn(-c3ccc(I)cn3)c2n1. The van der Waals surface area contributed by atoms with E-state index in [2.05, 4.69) is 47.9 Å². The third-order valence-electron chi connectivity index (χ3n) is 2.09. The van der Waals surface area contributed by atoms with Gasteiger partial charge >= 0.3 is 0 Å². The first-order valence-electron chi connectivity index (χ1n) is 4.60. The molecule has 0 aliphatic heterocycles. The van der Waals surface area contributed by atoms with Crippen LogP contribution in [0.1, 0.15) is 0 Å². The van der Waals surface area contributed by atoms with Gasteiger partial charge in [-0.15, -0.1) is 5.10 Å². The highest BCUT2D eigenvalue weighted by Crippen LogP contribution is 2.14. The molecule has 0 saturated carbocycles. The summed E-state index contributed by atoms with van der Waals surface area (Å²) in [7, 11) is 0. The van der Waals surface area contributed by atoms with E-state index >= 15 is 0 Å². The van der Waals surface area contributed by atoms with Gasteiger partial charge in [0, 0.05) is 9.77 Å². The van der Waals surface area contributed by atoms with Gasteiger partial charge in [-0.1, -0.05) is 5.21 Å². The quantitative estimate of drug-likeness (QED) is 0.491. The fraction of sp³-hybridized carbons (Fsp3) is 0. The molecule has 0 aliphatic rings. The van der Waals surface area contributed by atoms with Gasteiger partial charge in [0.1, 0.15) is 0 Å². The van der Waals surface area contributed by atoms with Crippen LogP contribution in [0.25, 0.3) is 17.0 Å². The molecular formula is C9H4ClIN6. The van der Waals surface area contributed by atoms with E-state index in [0.29, 0.717) is 17.0 Å². The fourth-order valence-corrected chi connectivity index (χ4v) is 1.80. The standard InChI is InChI=1S/C9H4ClIN6/c10-9-13-4-6-8(14-9)17(16-15-6)7-2-1-5(11)3-12-7/h1-4H. The van der Waals surface area contributed by atoms with Crippen molar-refractivity contribution in [3.8, 4) is 5.82 Å². The van der Waals surface area contributed by atoms with Crippen LogP contribution in [-0.4, -0.2) is 29.9 Å². The average molecular weight is 359 g/mol. The largest absolute Gasteiger partial charge is 0.236 e. The molecule has 3 aromatic rings. The zero-order valence-electron chi connectivity index (χ0n) is 8.25. The Bertz CT molecular complexity index is 680. The Kier molecular flexibility index (Phi) is 2.63. The molecule has 0 atom stereocenters. The molecule has 0 aliphatic carbocycles. The van der Waals surface area contributed by atoms with Gasteiger partial charge in [-0.05, 0) is 46.3 Å². The number of halogens is 2. The van der Waals surface area contributed by atoms with Crippen LogP contribution in [0.5, 0.6) is 0 Å². The molecule has 0 N–H and O–H groups in total. The lowest BCUT2D eigenvalue weighted by atomic mass is 10.4. The maximum Gasteiger partial charge on any atom is 0.224 e. The van der Waals surface area contributed by atoms with E-state index in [1.807, 2.05) is 12.1 Å². The molecule has 17 heavy (non-hydrogen) atoms. The number of rotatable bonds is 1. The molecule has 0 aromatic carbocycles. The lowest BCUT2D eigenvalue weighted by Gasteiger charge is -1.99. The summed E-state index contributed by atoms with van der Waals surface area (Å²) < 4.78 is 2.57. The summed E-state index contributed by atoms with van der Waals surface area (Å²) in [4.78, 5) is 12.2. The first-order chi connectivity index (χ1) is 8.24. The van der Waals surface area contributed by atoms with Gasteiger partial charge in [0.15, 0.2) is 17.0 Å². The summed E-state index contributed by atoms with van der Waals surface area (Å²) in [5.74, 6) is 0.641. The zero-order chi connectivity index (χ0) is 11.8. The van der Waals surface area contributed by atoms with Crippen LogP contribution in [0.3, 0.4) is 0 Å². The number of aromatic nitrogens is 6. The number of nitrogens with zero attached hydrogens (tertiary/aromatic N) is 6. The molecule has 84 valence electrons. The third-order valence-corrected chi connectivity index (χ3v) is 2.91. The van der Waals surface area contributed by atoms with E-state index in [4.69, 9.17) is 11.6 Å². The molecular weight excluding hydrogens is 354 g/mol. The van der Waals surface area contributed by atoms with Gasteiger partial charge in [-0.2, -0.15) is 9.67 Å². The zero-order valence-corrected chi connectivity index (χ0v) is 11.2. The summed E-state index contributed by atoms with van der Waals surface area (Å²) in [6.45, 7) is 0. The predicted octanol–water partition coefficient (Wildman–Crippen LogP) is 1.86. The van der Waals surface area contributed by atoms with Crippen LogP contribution in [0.4, 0.5) is 0 Å². The molecule has 0 spiro atoms. The molecule has 3 aromatic heterocycles. The number of hydrogen-bond donors (Lipinski definition) is 0. The minimum atomic E-state index is 0.159. The summed E-state index contributed by atoms with van der Waals surface area (Å²) >= 11 is 7.93. The van der Waals surface area contributed by atoms with Crippen LogP contribution < -0.4 is 0 Å². The molecule has 0 fully saturated rings. The van der Waals surface area contributed by atoms with E-state index < -0.39 is 0 Å². The van der Waals surface area contributed by atoms with Gasteiger partial charge < -0.3 is 0 Å². The highest BCUT2D eigenvalue weighted by atomic mass is 127. The van der Waals surface area contributed by atoms with Crippen LogP contribution in [0, 0.1) is 3.57 Å². The van der Waals surface area contributed by atoms with E-state index in [1.165, 1.54) is 10.9 Å². The number of pyridine rings is 1. The van der Waals surface area contributed by atoms with Crippen LogP contribution in [-0.2, 0) is 0 Å². The Morgan fingerprint density at radius 2 is 2.06 bits per heavy atom. The Hall–Kier alpha value is -1.35. The summed E-state index contributed by atoms with van der Waals surface area (Å²) in [6, 6.07) is 3.77. The maximum atomic E-state index is 5.75. The predicted molar refractivity (Wildman–Crippen MR) is 70.0 cm³/mol. The Morgan fingerprint density at radius 1 is 1.18 bits per heavy atom. The van der Waals surface area contributed by atoms with Crippen molar-refractivity contribution in [2.75, 3.05) is 0 Å². The van der Waals surface area contributed by atoms with Crippen molar-refractivity contribution in [1.82, 2.24) is 29.9 Å². The van der Waals surface area contributed by atoms with E-state index in [9.17, 15) is 0 Å². The van der Waals surface area contributed by atoms with E-state index in [0.717, 1.165) is 3.57 Å². The second-order valence-electron chi connectivity index (χ2n) is 3.18. The number of hydrogen-bond acceptors (Lipinski definition) is 5. The average Bonchev–Trinajstić information content (AvgIpc) is 2.73. The molecule has 0 unspecified atom stereocenters. The van der Waals surface area contributed by atoms with Gasteiger partial charge in [0.25, 0.3) is 0 Å². The minimum Gasteiger partial charge on any atom is -0.236 e. The van der Waals surface area contributed by atoms with Crippen molar-refractivity contribution >= 4 is 45.4 Å². The van der Waals surface area contributed by atoms with Crippen LogP contribution in [0.2, 0.25) is 5.28 Å². The second kappa shape index (κ2) is 4.15.